The fraction of sp³-hybridized carbons (Fsp3) is 0.444. The quantitative estimate of drug-likeness (QED) is 0.326. The predicted molar refractivity (Wildman–Crippen MR) is 179 cm³/mol. The van der Waals surface area contributed by atoms with Crippen LogP contribution in [0.2, 0.25) is 0 Å². The summed E-state index contributed by atoms with van der Waals surface area (Å²) >= 11 is -0.976. The summed E-state index contributed by atoms with van der Waals surface area (Å²) in [6.45, 7) is 18.5. The summed E-state index contributed by atoms with van der Waals surface area (Å²) in [5.74, 6) is 0. The van der Waals surface area contributed by atoms with Crippen LogP contribution in [0.25, 0.3) is 24.3 Å². The molecule has 0 N–H and O–H groups in total. The van der Waals surface area contributed by atoms with Crippen LogP contribution in [-0.4, -0.2) is 34.2 Å². The lowest BCUT2D eigenvalue weighted by atomic mass is 9.97. The van der Waals surface area contributed by atoms with E-state index in [-0.39, 0.29) is 0 Å². The molecule has 2 aromatic rings. The average Bonchev–Trinajstić information content (AvgIpc) is 3.67. The molecular formula is C36H45AlN4. The van der Waals surface area contributed by atoms with Gasteiger partial charge in [-0.1, -0.05) is 55.4 Å². The summed E-state index contributed by atoms with van der Waals surface area (Å²) in [5.41, 5.74) is 19.1. The van der Waals surface area contributed by atoms with Gasteiger partial charge in [-0.15, -0.1) is 0 Å². The van der Waals surface area contributed by atoms with Crippen LogP contribution in [0, 0.1) is 0 Å². The number of aliphatic imine (C=N–C) groups is 2. The van der Waals surface area contributed by atoms with E-state index >= 15 is 0 Å². The van der Waals surface area contributed by atoms with Gasteiger partial charge in [-0.25, -0.2) is 9.98 Å². The second-order valence-electron chi connectivity index (χ2n) is 11.5. The maximum Gasteiger partial charge on any atom is 0.558 e. The first-order valence-corrected chi connectivity index (χ1v) is 17.5. The SMILES string of the molecule is CCC1=C(CC)C2=NC1=Cc1c(CC)c(CC)c3[n]1[AlH][n]1c(c(CC)c(CC)c1=CC1=NC(=C3)C(CC)=C1CC)=C2. The lowest BCUT2D eigenvalue weighted by molar-refractivity contribution is 1.00. The van der Waals surface area contributed by atoms with Gasteiger partial charge in [-0.3, -0.25) is 0 Å². The third-order valence-electron chi connectivity index (χ3n) is 9.78. The first kappa shape index (κ1) is 28.3. The fourth-order valence-corrected chi connectivity index (χ4v) is 9.96. The number of allylic oxidation sites excluding steroid dienone is 4. The van der Waals surface area contributed by atoms with Gasteiger partial charge in [0.1, 0.15) is 0 Å². The molecular weight excluding hydrogens is 515 g/mol. The second kappa shape index (κ2) is 11.1. The van der Waals surface area contributed by atoms with Crippen molar-refractivity contribution in [3.05, 3.63) is 78.0 Å². The Bertz CT molecular complexity index is 1650. The molecule has 0 amide bonds. The Morgan fingerprint density at radius 1 is 0.463 bits per heavy atom. The molecule has 6 bridgehead atoms. The molecule has 0 spiro atoms. The van der Waals surface area contributed by atoms with Crippen LogP contribution in [0.4, 0.5) is 0 Å². The van der Waals surface area contributed by atoms with Gasteiger partial charge in [0.05, 0.1) is 22.8 Å². The first-order valence-electron chi connectivity index (χ1n) is 16.2. The Morgan fingerprint density at radius 2 is 0.854 bits per heavy atom. The van der Waals surface area contributed by atoms with Crippen LogP contribution in [0.1, 0.15) is 115 Å². The van der Waals surface area contributed by atoms with Gasteiger partial charge in [0.15, 0.2) is 0 Å². The van der Waals surface area contributed by atoms with E-state index in [9.17, 15) is 0 Å². The average molecular weight is 561 g/mol. The summed E-state index contributed by atoms with van der Waals surface area (Å²) in [5, 5.41) is 2.77. The Labute approximate surface area is 252 Å². The van der Waals surface area contributed by atoms with E-state index in [1.165, 1.54) is 89.4 Å². The summed E-state index contributed by atoms with van der Waals surface area (Å²) in [7, 11) is 0. The summed E-state index contributed by atoms with van der Waals surface area (Å²) in [4.78, 5) is 10.8. The van der Waals surface area contributed by atoms with Crippen LogP contribution in [0.5, 0.6) is 0 Å². The summed E-state index contributed by atoms with van der Waals surface area (Å²) < 4.78 is 5.47. The molecule has 41 heavy (non-hydrogen) atoms. The number of aromatic nitrogens is 2. The largest absolute Gasteiger partial charge is 0.558 e. The Balaban J connectivity index is 1.88. The monoisotopic (exact) mass is 560 g/mol. The van der Waals surface area contributed by atoms with Crippen molar-refractivity contribution in [3.8, 4) is 0 Å². The highest BCUT2D eigenvalue weighted by Crippen LogP contribution is 2.38. The molecule has 0 saturated carbocycles. The molecule has 6 rings (SSSR count). The van der Waals surface area contributed by atoms with Crippen LogP contribution in [-0.2, 0) is 25.7 Å². The van der Waals surface area contributed by atoms with E-state index in [4.69, 9.17) is 9.98 Å². The lowest BCUT2D eigenvalue weighted by Crippen LogP contribution is -2.38. The normalized spacial score (nSPS) is 17.1. The van der Waals surface area contributed by atoms with E-state index in [1.807, 2.05) is 0 Å². The fourth-order valence-electron chi connectivity index (χ4n) is 7.94. The Kier molecular flexibility index (Phi) is 7.64. The van der Waals surface area contributed by atoms with Crippen molar-refractivity contribution in [3.63, 3.8) is 0 Å². The molecule has 4 aliphatic heterocycles. The minimum Gasteiger partial charge on any atom is -0.418 e. The van der Waals surface area contributed by atoms with E-state index in [0.29, 0.717) is 0 Å². The van der Waals surface area contributed by atoms with Gasteiger partial charge in [0.25, 0.3) is 0 Å². The van der Waals surface area contributed by atoms with Crippen LogP contribution >= 0.6 is 0 Å². The smallest absolute Gasteiger partial charge is 0.418 e. The zero-order chi connectivity index (χ0) is 29.0. The molecule has 2 aromatic heterocycles. The molecule has 212 valence electrons. The molecule has 0 atom stereocenters. The predicted octanol–water partition coefficient (Wildman–Crippen LogP) is 6.61. The van der Waals surface area contributed by atoms with Gasteiger partial charge < -0.3 is 7.10 Å². The van der Waals surface area contributed by atoms with Crippen LogP contribution < -0.4 is 10.7 Å². The maximum atomic E-state index is 5.39. The zero-order valence-corrected chi connectivity index (χ0v) is 27.9. The first-order chi connectivity index (χ1) is 20.0. The molecule has 6 heterocycles. The Morgan fingerprint density at radius 3 is 1.20 bits per heavy atom. The maximum absolute atomic E-state index is 5.39. The van der Waals surface area contributed by atoms with Gasteiger partial charge in [-0.05, 0) is 120 Å². The standard InChI is InChI=1S/C36H44N4.Al.H/c1-9-21-22(10-2)30-18-32-25(13-5)26(14-6)34(39-32)20-36-28(16-8)27(15-7)35(40-36)19-33-24(12-4)23(11-3)31(38-33)17-29(21)37-30;;/h17-20H,9-16H2,1-8H3;;/q-2;+2;. The lowest BCUT2D eigenvalue weighted by Gasteiger charge is -2.15. The minimum absolute atomic E-state index is 0.976. The van der Waals surface area contributed by atoms with Crippen molar-refractivity contribution in [1.82, 2.24) is 7.10 Å². The molecule has 0 radical (unpaired) electrons. The Hall–Kier alpha value is -2.87. The van der Waals surface area contributed by atoms with Crippen molar-refractivity contribution < 1.29 is 0 Å². The van der Waals surface area contributed by atoms with E-state index < -0.39 is 15.7 Å². The summed E-state index contributed by atoms with van der Waals surface area (Å²) in [6.07, 6.45) is 17.9. The van der Waals surface area contributed by atoms with Gasteiger partial charge in [0, 0.05) is 22.1 Å². The van der Waals surface area contributed by atoms with Gasteiger partial charge in [-0.2, -0.15) is 0 Å². The molecule has 4 aliphatic rings. The van der Waals surface area contributed by atoms with Crippen molar-refractivity contribution in [2.24, 2.45) is 9.98 Å². The number of rotatable bonds is 8. The highest BCUT2D eigenvalue weighted by molar-refractivity contribution is 6.35. The molecule has 0 unspecified atom stereocenters. The summed E-state index contributed by atoms with van der Waals surface area (Å²) in [6, 6.07) is 0. The van der Waals surface area contributed by atoms with Crippen LogP contribution in [0.15, 0.2) is 43.7 Å². The molecule has 5 heteroatoms. The third kappa shape index (κ3) is 4.15. The molecule has 0 fully saturated rings. The number of hydrogen-bond donors (Lipinski definition) is 0. The van der Waals surface area contributed by atoms with E-state index in [2.05, 4.69) is 86.8 Å². The van der Waals surface area contributed by atoms with Gasteiger partial charge in [0.2, 0.25) is 0 Å². The highest BCUT2D eigenvalue weighted by atomic mass is 27.1. The molecule has 0 aliphatic carbocycles. The number of hydrogen-bond acceptors (Lipinski definition) is 2. The van der Waals surface area contributed by atoms with Gasteiger partial charge >= 0.3 is 15.7 Å². The molecule has 4 nitrogen and oxygen atoms in total. The van der Waals surface area contributed by atoms with Crippen molar-refractivity contribution in [2.45, 2.75) is 107 Å². The number of fused-ring (bicyclic) bond motifs is 2. The minimum atomic E-state index is -0.976. The molecule has 0 aromatic carbocycles. The van der Waals surface area contributed by atoms with Crippen molar-refractivity contribution >= 4 is 51.4 Å². The van der Waals surface area contributed by atoms with Crippen molar-refractivity contribution in [2.75, 3.05) is 0 Å². The van der Waals surface area contributed by atoms with E-state index in [0.717, 1.165) is 51.4 Å². The zero-order valence-electron chi connectivity index (χ0n) is 26.5. The second-order valence-corrected chi connectivity index (χ2v) is 13.1. The topological polar surface area (TPSA) is 34.6 Å². The molecule has 0 saturated heterocycles. The van der Waals surface area contributed by atoms with Crippen molar-refractivity contribution in [1.29, 1.82) is 0 Å². The number of nitrogens with zero attached hydrogens (tertiary/aromatic N) is 4. The highest BCUT2D eigenvalue weighted by Gasteiger charge is 2.30. The van der Waals surface area contributed by atoms with Crippen LogP contribution in [0.3, 0.4) is 0 Å². The third-order valence-corrected chi connectivity index (χ3v) is 11.7. The van der Waals surface area contributed by atoms with E-state index in [1.54, 1.807) is 0 Å².